The molecule has 1 saturated carbocycles. The van der Waals surface area contributed by atoms with Gasteiger partial charge < -0.3 is 26.1 Å². The quantitative estimate of drug-likeness (QED) is 0.197. The van der Waals surface area contributed by atoms with Crippen molar-refractivity contribution in [2.75, 3.05) is 19.7 Å². The number of nitrogens with two attached hydrogens (primary N) is 1. The van der Waals surface area contributed by atoms with Gasteiger partial charge in [0, 0.05) is 18.7 Å². The highest BCUT2D eigenvalue weighted by Crippen LogP contribution is 2.24. The second kappa shape index (κ2) is 7.85. The van der Waals surface area contributed by atoms with Crippen LogP contribution < -0.4 is 15.8 Å². The van der Waals surface area contributed by atoms with Crippen LogP contribution in [0, 0.1) is 5.92 Å². The Hall–Kier alpha value is -1.79. The summed E-state index contributed by atoms with van der Waals surface area (Å²) in [6.07, 6.45) is 3.00. The summed E-state index contributed by atoms with van der Waals surface area (Å²) in [5, 5.41) is 24.5. The number of benzene rings is 1. The van der Waals surface area contributed by atoms with Gasteiger partial charge in [0.2, 0.25) is 0 Å². The summed E-state index contributed by atoms with van der Waals surface area (Å²) in [5.74, 6) is 1.20. The Bertz CT molecular complexity index is 462. The number of aliphatic hydroxyl groups excluding tert-OH is 1. The second-order valence-electron chi connectivity index (χ2n) is 5.32. The van der Waals surface area contributed by atoms with E-state index in [2.05, 4.69) is 10.5 Å². The normalized spacial score (nSPS) is 22.4. The van der Waals surface area contributed by atoms with E-state index in [9.17, 15) is 5.11 Å². The molecule has 0 saturated heterocycles. The van der Waals surface area contributed by atoms with Crippen molar-refractivity contribution in [1.82, 2.24) is 5.32 Å². The predicted octanol–water partition coefficient (Wildman–Crippen LogP) is 0.910. The molecule has 1 aromatic rings. The number of hydrogen-bond acceptors (Lipinski definition) is 5. The largest absolute Gasteiger partial charge is 0.492 e. The first-order chi connectivity index (χ1) is 10.2. The number of oxime groups is 1. The van der Waals surface area contributed by atoms with Crippen LogP contribution in [0.4, 0.5) is 0 Å². The molecule has 1 aliphatic rings. The number of nitrogens with zero attached hydrogens (tertiary/aromatic N) is 1. The van der Waals surface area contributed by atoms with E-state index in [-0.39, 0.29) is 11.9 Å². The monoisotopic (exact) mass is 293 g/mol. The highest BCUT2D eigenvalue weighted by molar-refractivity contribution is 5.97. The van der Waals surface area contributed by atoms with Gasteiger partial charge in [0.25, 0.3) is 0 Å². The van der Waals surface area contributed by atoms with Gasteiger partial charge in [-0.3, -0.25) is 0 Å². The highest BCUT2D eigenvalue weighted by atomic mass is 16.5. The molecule has 1 aliphatic carbocycles. The first-order valence-corrected chi connectivity index (χ1v) is 7.30. The first kappa shape index (κ1) is 15.6. The lowest BCUT2D eigenvalue weighted by Gasteiger charge is -2.15. The van der Waals surface area contributed by atoms with Crippen molar-refractivity contribution in [2.24, 2.45) is 16.8 Å². The summed E-state index contributed by atoms with van der Waals surface area (Å²) in [6, 6.07) is 7.06. The lowest BCUT2D eigenvalue weighted by atomic mass is 10.1. The van der Waals surface area contributed by atoms with E-state index in [1.54, 1.807) is 24.3 Å². The van der Waals surface area contributed by atoms with Gasteiger partial charge in [0.05, 0.1) is 6.10 Å². The number of rotatable bonds is 7. The molecule has 0 aliphatic heterocycles. The summed E-state index contributed by atoms with van der Waals surface area (Å²) in [4.78, 5) is 0. The Morgan fingerprint density at radius 1 is 1.33 bits per heavy atom. The van der Waals surface area contributed by atoms with Gasteiger partial charge in [-0.2, -0.15) is 0 Å². The van der Waals surface area contributed by atoms with Crippen molar-refractivity contribution in [3.63, 3.8) is 0 Å². The molecule has 1 fully saturated rings. The molecule has 2 unspecified atom stereocenters. The minimum Gasteiger partial charge on any atom is -0.492 e. The van der Waals surface area contributed by atoms with Crippen LogP contribution in [0.2, 0.25) is 0 Å². The third kappa shape index (κ3) is 4.61. The zero-order valence-corrected chi connectivity index (χ0v) is 12.0. The summed E-state index contributed by atoms with van der Waals surface area (Å²) >= 11 is 0. The Labute approximate surface area is 124 Å². The standard InChI is InChI=1S/C15H23N3O3/c16-15(18-20)11-4-6-13(7-5-11)21-9-8-17-10-12-2-1-3-14(12)19/h4-7,12,14,17,19-20H,1-3,8-10H2,(H2,16,18). The third-order valence-electron chi connectivity index (χ3n) is 3.83. The van der Waals surface area contributed by atoms with Crippen LogP contribution in [0.3, 0.4) is 0 Å². The zero-order chi connectivity index (χ0) is 15.1. The zero-order valence-electron chi connectivity index (χ0n) is 12.0. The van der Waals surface area contributed by atoms with Gasteiger partial charge in [0.15, 0.2) is 5.84 Å². The van der Waals surface area contributed by atoms with E-state index in [1.807, 2.05) is 0 Å². The Morgan fingerprint density at radius 3 is 2.71 bits per heavy atom. The molecule has 0 heterocycles. The van der Waals surface area contributed by atoms with Crippen LogP contribution in [0.5, 0.6) is 5.75 Å². The van der Waals surface area contributed by atoms with Crippen molar-refractivity contribution >= 4 is 5.84 Å². The number of hydrogen-bond donors (Lipinski definition) is 4. The molecule has 2 atom stereocenters. The summed E-state index contributed by atoms with van der Waals surface area (Å²) in [5.41, 5.74) is 6.13. The number of amidine groups is 1. The lowest BCUT2D eigenvalue weighted by Crippen LogP contribution is -2.30. The fourth-order valence-corrected chi connectivity index (χ4v) is 2.56. The molecule has 116 valence electrons. The molecule has 2 rings (SSSR count). The minimum absolute atomic E-state index is 0.0818. The third-order valence-corrected chi connectivity index (χ3v) is 3.83. The second-order valence-corrected chi connectivity index (χ2v) is 5.32. The molecule has 6 nitrogen and oxygen atoms in total. The Morgan fingerprint density at radius 2 is 2.10 bits per heavy atom. The van der Waals surface area contributed by atoms with E-state index in [1.165, 1.54) is 0 Å². The van der Waals surface area contributed by atoms with Crippen LogP contribution >= 0.6 is 0 Å². The molecular formula is C15H23N3O3. The van der Waals surface area contributed by atoms with E-state index in [0.717, 1.165) is 38.1 Å². The fourth-order valence-electron chi connectivity index (χ4n) is 2.56. The Kier molecular flexibility index (Phi) is 5.83. The maximum atomic E-state index is 9.71. The number of ether oxygens (including phenoxy) is 1. The molecule has 0 spiro atoms. The molecule has 6 heteroatoms. The summed E-state index contributed by atoms with van der Waals surface area (Å²) in [6.45, 7) is 2.14. The SMILES string of the molecule is NC(=NO)c1ccc(OCCNCC2CCCC2O)cc1. The minimum atomic E-state index is -0.149. The summed E-state index contributed by atoms with van der Waals surface area (Å²) < 4.78 is 5.60. The van der Waals surface area contributed by atoms with Crippen LogP contribution in [0.25, 0.3) is 0 Å². The first-order valence-electron chi connectivity index (χ1n) is 7.30. The molecule has 0 aromatic heterocycles. The van der Waals surface area contributed by atoms with Crippen molar-refractivity contribution in [3.8, 4) is 5.75 Å². The van der Waals surface area contributed by atoms with Crippen LogP contribution in [-0.4, -0.2) is 41.9 Å². The van der Waals surface area contributed by atoms with Crippen molar-refractivity contribution < 1.29 is 15.1 Å². The van der Waals surface area contributed by atoms with Crippen molar-refractivity contribution in [3.05, 3.63) is 29.8 Å². The molecule has 21 heavy (non-hydrogen) atoms. The lowest BCUT2D eigenvalue weighted by molar-refractivity contribution is 0.131. The van der Waals surface area contributed by atoms with Crippen LogP contribution in [0.15, 0.2) is 29.4 Å². The van der Waals surface area contributed by atoms with E-state index in [4.69, 9.17) is 15.7 Å². The molecule has 0 radical (unpaired) electrons. The van der Waals surface area contributed by atoms with Crippen molar-refractivity contribution in [1.29, 1.82) is 0 Å². The topological polar surface area (TPSA) is 100 Å². The predicted molar refractivity (Wildman–Crippen MR) is 80.7 cm³/mol. The Balaban J connectivity index is 1.64. The number of nitrogens with one attached hydrogen (secondary N) is 1. The van der Waals surface area contributed by atoms with Crippen LogP contribution in [0.1, 0.15) is 24.8 Å². The van der Waals surface area contributed by atoms with Gasteiger partial charge >= 0.3 is 0 Å². The van der Waals surface area contributed by atoms with Gasteiger partial charge in [0.1, 0.15) is 12.4 Å². The van der Waals surface area contributed by atoms with E-state index < -0.39 is 0 Å². The van der Waals surface area contributed by atoms with Crippen molar-refractivity contribution in [2.45, 2.75) is 25.4 Å². The van der Waals surface area contributed by atoms with Gasteiger partial charge in [-0.25, -0.2) is 0 Å². The highest BCUT2D eigenvalue weighted by Gasteiger charge is 2.24. The van der Waals surface area contributed by atoms with Gasteiger partial charge in [-0.1, -0.05) is 11.6 Å². The van der Waals surface area contributed by atoms with Gasteiger partial charge in [-0.15, -0.1) is 0 Å². The number of aliphatic hydroxyl groups is 1. The van der Waals surface area contributed by atoms with Gasteiger partial charge in [-0.05, 0) is 43.0 Å². The average Bonchev–Trinajstić information content (AvgIpc) is 2.92. The molecule has 0 bridgehead atoms. The van der Waals surface area contributed by atoms with Crippen LogP contribution in [-0.2, 0) is 0 Å². The van der Waals surface area contributed by atoms with E-state index >= 15 is 0 Å². The summed E-state index contributed by atoms with van der Waals surface area (Å²) in [7, 11) is 0. The smallest absolute Gasteiger partial charge is 0.170 e. The molecule has 5 N–H and O–H groups in total. The van der Waals surface area contributed by atoms with E-state index in [0.29, 0.717) is 18.1 Å². The maximum absolute atomic E-state index is 9.71. The average molecular weight is 293 g/mol. The molecular weight excluding hydrogens is 270 g/mol. The maximum Gasteiger partial charge on any atom is 0.170 e. The fraction of sp³-hybridized carbons (Fsp3) is 0.533. The molecule has 0 amide bonds. The molecule has 1 aromatic carbocycles.